The van der Waals surface area contributed by atoms with Crippen LogP contribution in [-0.4, -0.2) is 23.6 Å². The van der Waals surface area contributed by atoms with Crippen LogP contribution < -0.4 is 5.32 Å². The molecule has 1 heterocycles. The van der Waals surface area contributed by atoms with E-state index in [-0.39, 0.29) is 0 Å². The molecule has 0 bridgehead atoms. The number of hydrogen-bond donors (Lipinski definition) is 1. The SMILES string of the molecule is CN(C)Cc1cccc(NCc2cc(C#N)n(C)c2)c1. The molecule has 0 atom stereocenters. The Hall–Kier alpha value is -2.25. The predicted molar refractivity (Wildman–Crippen MR) is 81.3 cm³/mol. The third-order valence-electron chi connectivity index (χ3n) is 3.10. The smallest absolute Gasteiger partial charge is 0.120 e. The van der Waals surface area contributed by atoms with Crippen molar-refractivity contribution in [2.24, 2.45) is 7.05 Å². The molecule has 0 aliphatic carbocycles. The number of anilines is 1. The van der Waals surface area contributed by atoms with Gasteiger partial charge in [-0.1, -0.05) is 12.1 Å². The number of nitrogens with zero attached hydrogens (tertiary/aromatic N) is 3. The van der Waals surface area contributed by atoms with E-state index in [4.69, 9.17) is 5.26 Å². The van der Waals surface area contributed by atoms with E-state index >= 15 is 0 Å². The van der Waals surface area contributed by atoms with Gasteiger partial charge in [-0.25, -0.2) is 0 Å². The fourth-order valence-corrected chi connectivity index (χ4v) is 2.19. The third kappa shape index (κ3) is 3.62. The van der Waals surface area contributed by atoms with Crippen LogP contribution in [0.4, 0.5) is 5.69 Å². The van der Waals surface area contributed by atoms with Crippen molar-refractivity contribution in [1.29, 1.82) is 5.26 Å². The Kier molecular flexibility index (Phi) is 4.44. The van der Waals surface area contributed by atoms with Gasteiger partial charge in [0.15, 0.2) is 0 Å². The third-order valence-corrected chi connectivity index (χ3v) is 3.10. The van der Waals surface area contributed by atoms with Gasteiger partial charge in [-0.15, -0.1) is 0 Å². The summed E-state index contributed by atoms with van der Waals surface area (Å²) in [6.45, 7) is 1.65. The first kappa shape index (κ1) is 14.2. The van der Waals surface area contributed by atoms with Gasteiger partial charge < -0.3 is 14.8 Å². The summed E-state index contributed by atoms with van der Waals surface area (Å²) in [5.41, 5.74) is 4.18. The standard InChI is InChI=1S/C16H20N4/c1-19(2)11-13-5-4-6-15(7-13)18-10-14-8-16(9-17)20(3)12-14/h4-8,12,18H,10-11H2,1-3H3. The van der Waals surface area contributed by atoms with E-state index < -0.39 is 0 Å². The monoisotopic (exact) mass is 268 g/mol. The molecule has 1 aromatic heterocycles. The van der Waals surface area contributed by atoms with Crippen LogP contribution in [0.1, 0.15) is 16.8 Å². The summed E-state index contributed by atoms with van der Waals surface area (Å²) in [6.07, 6.45) is 1.98. The number of benzene rings is 1. The largest absolute Gasteiger partial charge is 0.381 e. The first-order chi connectivity index (χ1) is 9.58. The Morgan fingerprint density at radius 3 is 2.70 bits per heavy atom. The normalized spacial score (nSPS) is 10.6. The Balaban J connectivity index is 2.01. The highest BCUT2D eigenvalue weighted by Gasteiger charge is 2.02. The van der Waals surface area contributed by atoms with Crippen LogP contribution in [-0.2, 0) is 20.1 Å². The van der Waals surface area contributed by atoms with E-state index in [1.54, 1.807) is 0 Å². The van der Waals surface area contributed by atoms with E-state index in [0.29, 0.717) is 5.69 Å². The lowest BCUT2D eigenvalue weighted by Crippen LogP contribution is -2.10. The molecule has 2 rings (SSSR count). The number of hydrogen-bond acceptors (Lipinski definition) is 3. The zero-order chi connectivity index (χ0) is 14.5. The summed E-state index contributed by atoms with van der Waals surface area (Å²) in [5.74, 6) is 0. The van der Waals surface area contributed by atoms with Crippen molar-refractivity contribution < 1.29 is 0 Å². The van der Waals surface area contributed by atoms with Crippen LogP contribution in [0.25, 0.3) is 0 Å². The maximum atomic E-state index is 8.94. The van der Waals surface area contributed by atoms with Crippen LogP contribution >= 0.6 is 0 Å². The van der Waals surface area contributed by atoms with E-state index in [1.807, 2.05) is 23.9 Å². The average molecular weight is 268 g/mol. The summed E-state index contributed by atoms with van der Waals surface area (Å²) in [4.78, 5) is 2.15. The van der Waals surface area contributed by atoms with Crippen molar-refractivity contribution in [2.75, 3.05) is 19.4 Å². The molecular weight excluding hydrogens is 248 g/mol. The van der Waals surface area contributed by atoms with E-state index in [9.17, 15) is 0 Å². The number of aromatic nitrogens is 1. The molecule has 0 unspecified atom stereocenters. The fourth-order valence-electron chi connectivity index (χ4n) is 2.19. The molecule has 4 nitrogen and oxygen atoms in total. The molecule has 0 saturated carbocycles. The highest BCUT2D eigenvalue weighted by atomic mass is 15.0. The maximum Gasteiger partial charge on any atom is 0.120 e. The second-order valence-electron chi connectivity index (χ2n) is 5.25. The first-order valence-corrected chi connectivity index (χ1v) is 6.61. The zero-order valence-corrected chi connectivity index (χ0v) is 12.2. The minimum atomic E-state index is 0.683. The van der Waals surface area contributed by atoms with Crippen LogP contribution in [0.15, 0.2) is 36.5 Å². The summed E-state index contributed by atoms with van der Waals surface area (Å²) in [5, 5.41) is 12.3. The quantitative estimate of drug-likeness (QED) is 0.906. The average Bonchev–Trinajstić information content (AvgIpc) is 2.76. The van der Waals surface area contributed by atoms with Gasteiger partial charge in [-0.3, -0.25) is 0 Å². The van der Waals surface area contributed by atoms with Crippen molar-refractivity contribution >= 4 is 5.69 Å². The van der Waals surface area contributed by atoms with Gasteiger partial charge in [-0.2, -0.15) is 5.26 Å². The molecule has 0 radical (unpaired) electrons. The van der Waals surface area contributed by atoms with Crippen LogP contribution in [0.3, 0.4) is 0 Å². The number of rotatable bonds is 5. The van der Waals surface area contributed by atoms with Gasteiger partial charge in [0.2, 0.25) is 0 Å². The summed E-state index contributed by atoms with van der Waals surface area (Å²) in [7, 11) is 6.01. The van der Waals surface area contributed by atoms with Gasteiger partial charge in [0.1, 0.15) is 11.8 Å². The molecule has 2 aromatic rings. The molecular formula is C16H20N4. The highest BCUT2D eigenvalue weighted by molar-refractivity contribution is 5.46. The van der Waals surface area contributed by atoms with Gasteiger partial charge >= 0.3 is 0 Å². The Bertz CT molecular complexity index is 620. The predicted octanol–water partition coefficient (Wildman–Crippen LogP) is 2.57. The van der Waals surface area contributed by atoms with Crippen LogP contribution in [0, 0.1) is 11.3 Å². The molecule has 0 aliphatic heterocycles. The lowest BCUT2D eigenvalue weighted by atomic mass is 10.2. The molecule has 104 valence electrons. The van der Waals surface area contributed by atoms with Gasteiger partial charge in [-0.05, 0) is 43.4 Å². The molecule has 0 saturated heterocycles. The second kappa shape index (κ2) is 6.27. The first-order valence-electron chi connectivity index (χ1n) is 6.61. The minimum absolute atomic E-state index is 0.683. The van der Waals surface area contributed by atoms with Crippen molar-refractivity contribution in [1.82, 2.24) is 9.47 Å². The molecule has 0 spiro atoms. The number of aryl methyl sites for hydroxylation is 1. The molecule has 0 aliphatic rings. The van der Waals surface area contributed by atoms with Crippen LogP contribution in [0.5, 0.6) is 0 Å². The van der Waals surface area contributed by atoms with E-state index in [0.717, 1.165) is 24.3 Å². The van der Waals surface area contributed by atoms with Crippen molar-refractivity contribution in [3.8, 4) is 6.07 Å². The second-order valence-corrected chi connectivity index (χ2v) is 5.25. The summed E-state index contributed by atoms with van der Waals surface area (Å²) in [6, 6.07) is 12.5. The van der Waals surface area contributed by atoms with Crippen molar-refractivity contribution in [3.63, 3.8) is 0 Å². The Morgan fingerprint density at radius 1 is 1.25 bits per heavy atom. The van der Waals surface area contributed by atoms with Crippen LogP contribution in [0.2, 0.25) is 0 Å². The molecule has 1 N–H and O–H groups in total. The topological polar surface area (TPSA) is 44.0 Å². The molecule has 0 fully saturated rings. The lowest BCUT2D eigenvalue weighted by molar-refractivity contribution is 0.402. The van der Waals surface area contributed by atoms with Gasteiger partial charge in [0.05, 0.1) is 0 Å². The molecule has 1 aromatic carbocycles. The molecule has 0 amide bonds. The molecule has 20 heavy (non-hydrogen) atoms. The Labute approximate surface area is 120 Å². The highest BCUT2D eigenvalue weighted by Crippen LogP contribution is 2.14. The lowest BCUT2D eigenvalue weighted by Gasteiger charge is -2.11. The number of nitriles is 1. The van der Waals surface area contributed by atoms with E-state index in [2.05, 4.69) is 54.6 Å². The fraction of sp³-hybridized carbons (Fsp3) is 0.312. The minimum Gasteiger partial charge on any atom is -0.381 e. The zero-order valence-electron chi connectivity index (χ0n) is 12.2. The number of nitrogens with one attached hydrogen (secondary N) is 1. The van der Waals surface area contributed by atoms with E-state index in [1.165, 1.54) is 5.56 Å². The van der Waals surface area contributed by atoms with Gasteiger partial charge in [0, 0.05) is 32.0 Å². The summed E-state index contributed by atoms with van der Waals surface area (Å²) < 4.78 is 1.85. The van der Waals surface area contributed by atoms with Crippen molar-refractivity contribution in [2.45, 2.75) is 13.1 Å². The Morgan fingerprint density at radius 2 is 2.05 bits per heavy atom. The van der Waals surface area contributed by atoms with Crippen molar-refractivity contribution in [3.05, 3.63) is 53.3 Å². The van der Waals surface area contributed by atoms with Gasteiger partial charge in [0.25, 0.3) is 0 Å². The molecule has 4 heteroatoms. The summed E-state index contributed by atoms with van der Waals surface area (Å²) >= 11 is 0. The maximum absolute atomic E-state index is 8.94.